The number of aromatic nitrogens is 2. The van der Waals surface area contributed by atoms with Crippen LogP contribution in [0.25, 0.3) is 11.3 Å². The summed E-state index contributed by atoms with van der Waals surface area (Å²) in [7, 11) is 0. The number of carboxylic acid groups (broad SMARTS) is 1. The van der Waals surface area contributed by atoms with Crippen LogP contribution < -0.4 is 0 Å². The standard InChI is InChI=1S/C13H10F3N3O2/c14-13(15,16)8-3-1-7(2-4-8)11-9-5-19(12(20)21)6-10(9)17-18-11/h1-4H,5-6H2,(H,17,18)(H,20,21). The van der Waals surface area contributed by atoms with Crippen LogP contribution in [0.3, 0.4) is 0 Å². The van der Waals surface area contributed by atoms with Crippen molar-refractivity contribution in [3.63, 3.8) is 0 Å². The minimum atomic E-state index is -4.38. The average molecular weight is 297 g/mol. The summed E-state index contributed by atoms with van der Waals surface area (Å²) < 4.78 is 37.6. The molecule has 1 aromatic carbocycles. The Morgan fingerprint density at radius 2 is 1.90 bits per heavy atom. The molecule has 2 aromatic rings. The molecule has 1 aromatic heterocycles. The normalized spacial score (nSPS) is 14.3. The molecular formula is C13H10F3N3O2. The molecule has 5 nitrogen and oxygen atoms in total. The lowest BCUT2D eigenvalue weighted by Crippen LogP contribution is -2.23. The number of amides is 1. The Balaban J connectivity index is 1.92. The number of hydrogen-bond acceptors (Lipinski definition) is 2. The fourth-order valence-electron chi connectivity index (χ4n) is 2.33. The molecule has 21 heavy (non-hydrogen) atoms. The molecule has 1 aliphatic rings. The van der Waals surface area contributed by atoms with E-state index >= 15 is 0 Å². The van der Waals surface area contributed by atoms with E-state index in [-0.39, 0.29) is 13.1 Å². The lowest BCUT2D eigenvalue weighted by atomic mass is 10.1. The third-order valence-corrected chi connectivity index (χ3v) is 3.41. The van der Waals surface area contributed by atoms with Gasteiger partial charge in [-0.05, 0) is 12.1 Å². The van der Waals surface area contributed by atoms with Crippen molar-refractivity contribution in [3.8, 4) is 11.3 Å². The molecule has 0 bridgehead atoms. The average Bonchev–Trinajstić information content (AvgIpc) is 2.97. The van der Waals surface area contributed by atoms with E-state index in [9.17, 15) is 18.0 Å². The van der Waals surface area contributed by atoms with E-state index in [2.05, 4.69) is 10.2 Å². The molecule has 0 aliphatic carbocycles. The second-order valence-corrected chi connectivity index (χ2v) is 4.74. The second-order valence-electron chi connectivity index (χ2n) is 4.74. The largest absolute Gasteiger partial charge is 0.465 e. The number of alkyl halides is 3. The highest BCUT2D eigenvalue weighted by atomic mass is 19.4. The first kappa shape index (κ1) is 13.5. The number of H-pyrrole nitrogens is 1. The van der Waals surface area contributed by atoms with Gasteiger partial charge >= 0.3 is 12.3 Å². The molecule has 2 N–H and O–H groups in total. The third kappa shape index (κ3) is 2.32. The zero-order valence-corrected chi connectivity index (χ0v) is 10.6. The smallest absolute Gasteiger partial charge is 0.416 e. The van der Waals surface area contributed by atoms with Crippen LogP contribution in [0.5, 0.6) is 0 Å². The van der Waals surface area contributed by atoms with E-state index in [0.29, 0.717) is 22.5 Å². The van der Waals surface area contributed by atoms with Crippen molar-refractivity contribution in [2.24, 2.45) is 0 Å². The van der Waals surface area contributed by atoms with E-state index in [4.69, 9.17) is 5.11 Å². The first-order chi connectivity index (χ1) is 9.86. The Morgan fingerprint density at radius 1 is 1.24 bits per heavy atom. The van der Waals surface area contributed by atoms with Gasteiger partial charge in [0, 0.05) is 11.1 Å². The summed E-state index contributed by atoms with van der Waals surface area (Å²) in [5.74, 6) is 0. The topological polar surface area (TPSA) is 69.2 Å². The first-order valence-corrected chi connectivity index (χ1v) is 6.08. The number of benzene rings is 1. The van der Waals surface area contributed by atoms with Gasteiger partial charge in [-0.2, -0.15) is 18.3 Å². The second kappa shape index (κ2) is 4.51. The molecule has 0 saturated carbocycles. The summed E-state index contributed by atoms with van der Waals surface area (Å²) in [6, 6.07) is 4.64. The summed E-state index contributed by atoms with van der Waals surface area (Å²) in [4.78, 5) is 12.1. The number of rotatable bonds is 1. The maximum atomic E-state index is 12.5. The van der Waals surface area contributed by atoms with Crippen molar-refractivity contribution in [1.29, 1.82) is 0 Å². The molecule has 8 heteroatoms. The highest BCUT2D eigenvalue weighted by Gasteiger charge is 2.31. The van der Waals surface area contributed by atoms with E-state index < -0.39 is 17.8 Å². The fraction of sp³-hybridized carbons (Fsp3) is 0.231. The van der Waals surface area contributed by atoms with Crippen molar-refractivity contribution < 1.29 is 23.1 Å². The van der Waals surface area contributed by atoms with Crippen LogP contribution in [0, 0.1) is 0 Å². The van der Waals surface area contributed by atoms with Crippen molar-refractivity contribution in [1.82, 2.24) is 15.1 Å². The van der Waals surface area contributed by atoms with Crippen molar-refractivity contribution in [3.05, 3.63) is 41.1 Å². The molecule has 0 atom stereocenters. The van der Waals surface area contributed by atoms with E-state index in [1.807, 2.05) is 0 Å². The molecule has 3 rings (SSSR count). The Bertz CT molecular complexity index is 692. The minimum absolute atomic E-state index is 0.178. The van der Waals surface area contributed by atoms with Gasteiger partial charge in [0.2, 0.25) is 0 Å². The van der Waals surface area contributed by atoms with Crippen LogP contribution in [0.4, 0.5) is 18.0 Å². The maximum Gasteiger partial charge on any atom is 0.416 e. The maximum absolute atomic E-state index is 12.5. The zero-order valence-electron chi connectivity index (χ0n) is 10.6. The minimum Gasteiger partial charge on any atom is -0.465 e. The molecule has 0 radical (unpaired) electrons. The molecular weight excluding hydrogens is 287 g/mol. The summed E-state index contributed by atoms with van der Waals surface area (Å²) in [6.45, 7) is 0.385. The lowest BCUT2D eigenvalue weighted by Gasteiger charge is -2.10. The Hall–Kier alpha value is -2.51. The van der Waals surface area contributed by atoms with Crippen molar-refractivity contribution in [2.45, 2.75) is 19.3 Å². The highest BCUT2D eigenvalue weighted by Crippen LogP contribution is 2.33. The molecule has 1 aliphatic heterocycles. The molecule has 0 unspecified atom stereocenters. The number of carbonyl (C=O) groups is 1. The quantitative estimate of drug-likeness (QED) is 0.850. The van der Waals surface area contributed by atoms with Gasteiger partial charge in [0.25, 0.3) is 0 Å². The molecule has 2 heterocycles. The zero-order chi connectivity index (χ0) is 15.2. The number of nitrogens with zero attached hydrogens (tertiary/aromatic N) is 2. The summed E-state index contributed by atoms with van der Waals surface area (Å²) in [5, 5.41) is 15.8. The van der Waals surface area contributed by atoms with Gasteiger partial charge in [0.1, 0.15) is 0 Å². The van der Waals surface area contributed by atoms with Gasteiger partial charge < -0.3 is 5.11 Å². The summed E-state index contributed by atoms with van der Waals surface area (Å²) >= 11 is 0. The number of nitrogens with one attached hydrogen (secondary N) is 1. The molecule has 0 spiro atoms. The highest BCUT2D eigenvalue weighted by molar-refractivity contribution is 5.70. The van der Waals surface area contributed by atoms with Gasteiger partial charge in [0.15, 0.2) is 0 Å². The number of hydrogen-bond donors (Lipinski definition) is 2. The number of fused-ring (bicyclic) bond motifs is 1. The van der Waals surface area contributed by atoms with Gasteiger partial charge in [-0.3, -0.25) is 10.00 Å². The van der Waals surface area contributed by atoms with Gasteiger partial charge in [-0.25, -0.2) is 4.79 Å². The lowest BCUT2D eigenvalue weighted by molar-refractivity contribution is -0.137. The van der Waals surface area contributed by atoms with Gasteiger partial charge in [-0.15, -0.1) is 0 Å². The van der Waals surface area contributed by atoms with E-state index in [1.54, 1.807) is 0 Å². The van der Waals surface area contributed by atoms with Gasteiger partial charge in [-0.1, -0.05) is 12.1 Å². The summed E-state index contributed by atoms with van der Waals surface area (Å²) in [6.07, 6.45) is -5.43. The first-order valence-electron chi connectivity index (χ1n) is 6.08. The van der Waals surface area contributed by atoms with Crippen LogP contribution in [0.15, 0.2) is 24.3 Å². The van der Waals surface area contributed by atoms with Crippen LogP contribution in [0.2, 0.25) is 0 Å². The monoisotopic (exact) mass is 297 g/mol. The van der Waals surface area contributed by atoms with Crippen LogP contribution in [-0.4, -0.2) is 26.3 Å². The van der Waals surface area contributed by atoms with Crippen LogP contribution in [-0.2, 0) is 19.3 Å². The number of halogens is 3. The van der Waals surface area contributed by atoms with Crippen LogP contribution >= 0.6 is 0 Å². The van der Waals surface area contributed by atoms with Crippen molar-refractivity contribution >= 4 is 6.09 Å². The Labute approximate surface area is 117 Å². The predicted octanol–water partition coefficient (Wildman–Crippen LogP) is 3.09. The predicted molar refractivity (Wildman–Crippen MR) is 66.3 cm³/mol. The Morgan fingerprint density at radius 3 is 2.48 bits per heavy atom. The van der Waals surface area contributed by atoms with Crippen LogP contribution in [0.1, 0.15) is 16.8 Å². The molecule has 110 valence electrons. The SMILES string of the molecule is O=C(O)N1Cc2[nH]nc(-c3ccc(C(F)(F)F)cc3)c2C1. The molecule has 0 fully saturated rings. The molecule has 0 saturated heterocycles. The third-order valence-electron chi connectivity index (χ3n) is 3.41. The van der Waals surface area contributed by atoms with E-state index in [0.717, 1.165) is 12.1 Å². The van der Waals surface area contributed by atoms with E-state index in [1.165, 1.54) is 17.0 Å². The molecule has 1 amide bonds. The van der Waals surface area contributed by atoms with Crippen molar-refractivity contribution in [2.75, 3.05) is 0 Å². The van der Waals surface area contributed by atoms with Gasteiger partial charge in [0.05, 0.1) is 30.0 Å². The summed E-state index contributed by atoms with van der Waals surface area (Å²) in [5.41, 5.74) is 1.66. The fourth-order valence-corrected chi connectivity index (χ4v) is 2.33. The number of aromatic amines is 1. The Kier molecular flexibility index (Phi) is 2.89.